The van der Waals surface area contributed by atoms with Crippen molar-refractivity contribution < 1.29 is 4.74 Å². The molecule has 0 aliphatic carbocycles. The summed E-state index contributed by atoms with van der Waals surface area (Å²) in [6.07, 6.45) is 5.54. The normalized spacial score (nSPS) is 11.8. The molecule has 0 aromatic rings. The van der Waals surface area contributed by atoms with Crippen molar-refractivity contribution in [3.8, 4) is 0 Å². The monoisotopic (exact) mass is 168 g/mol. The van der Waals surface area contributed by atoms with Gasteiger partial charge in [-0.2, -0.15) is 0 Å². The highest BCUT2D eigenvalue weighted by Crippen LogP contribution is 2.06. The highest BCUT2D eigenvalue weighted by Gasteiger charge is 1.89. The second kappa shape index (κ2) is 7.11. The molecule has 0 N–H and O–H groups in total. The molecule has 0 aromatic carbocycles. The average Bonchev–Trinajstić information content (AvgIpc) is 2.00. The number of allylic oxidation sites excluding steroid dienone is 2. The third kappa shape index (κ3) is 7.55. The molecule has 0 aromatic heterocycles. The van der Waals surface area contributed by atoms with Gasteiger partial charge in [-0.25, -0.2) is 0 Å². The topological polar surface area (TPSA) is 9.23 Å². The van der Waals surface area contributed by atoms with Crippen LogP contribution >= 0.6 is 0 Å². The van der Waals surface area contributed by atoms with Crippen LogP contribution in [0, 0.1) is 0 Å². The number of methoxy groups -OCH3 is 1. The van der Waals surface area contributed by atoms with E-state index in [1.165, 1.54) is 11.1 Å². The Hall–Kier alpha value is -0.560. The first-order valence-corrected chi connectivity index (χ1v) is 4.45. The maximum atomic E-state index is 4.98. The first-order chi connectivity index (χ1) is 5.66. The largest absolute Gasteiger partial charge is 0.384 e. The molecule has 0 saturated carbocycles. The Morgan fingerprint density at radius 1 is 1.33 bits per heavy atom. The Balaban J connectivity index is 3.47. The molecule has 0 aliphatic heterocycles. The smallest absolute Gasteiger partial charge is 0.0499 e. The molecule has 12 heavy (non-hydrogen) atoms. The van der Waals surface area contributed by atoms with Crippen LogP contribution in [-0.2, 0) is 4.74 Å². The number of hydrogen-bond acceptors (Lipinski definition) is 1. The van der Waals surface area contributed by atoms with Gasteiger partial charge in [-0.3, -0.25) is 0 Å². The molecule has 0 unspecified atom stereocenters. The molecule has 1 nitrogen and oxygen atoms in total. The van der Waals surface area contributed by atoms with Gasteiger partial charge in [0.1, 0.15) is 0 Å². The summed E-state index contributed by atoms with van der Waals surface area (Å²) in [5.74, 6) is 0. The lowest BCUT2D eigenvalue weighted by Crippen LogP contribution is -1.89. The lowest BCUT2D eigenvalue weighted by atomic mass is 10.1. The van der Waals surface area contributed by atoms with E-state index in [9.17, 15) is 0 Å². The fourth-order valence-corrected chi connectivity index (χ4v) is 0.930. The van der Waals surface area contributed by atoms with Gasteiger partial charge in [0.05, 0.1) is 0 Å². The van der Waals surface area contributed by atoms with Crippen molar-refractivity contribution in [2.24, 2.45) is 0 Å². The van der Waals surface area contributed by atoms with Crippen LogP contribution in [-0.4, -0.2) is 13.7 Å². The van der Waals surface area contributed by atoms with E-state index in [4.69, 9.17) is 4.74 Å². The van der Waals surface area contributed by atoms with Crippen LogP contribution in [0.2, 0.25) is 0 Å². The molecular formula is C11H20O. The van der Waals surface area contributed by atoms with Gasteiger partial charge in [0.15, 0.2) is 0 Å². The second-order valence-electron chi connectivity index (χ2n) is 3.29. The second-order valence-corrected chi connectivity index (χ2v) is 3.29. The predicted molar refractivity (Wildman–Crippen MR) is 54.3 cm³/mol. The zero-order chi connectivity index (χ0) is 9.40. The third-order valence-electron chi connectivity index (χ3n) is 1.76. The van der Waals surface area contributed by atoms with Crippen molar-refractivity contribution in [3.63, 3.8) is 0 Å². The summed E-state index contributed by atoms with van der Waals surface area (Å²) < 4.78 is 4.98. The van der Waals surface area contributed by atoms with Crippen molar-refractivity contribution >= 4 is 0 Å². The maximum Gasteiger partial charge on any atom is 0.0499 e. The van der Waals surface area contributed by atoms with E-state index in [1.807, 2.05) is 0 Å². The molecule has 0 spiro atoms. The van der Waals surface area contributed by atoms with Crippen LogP contribution < -0.4 is 0 Å². The molecule has 0 heterocycles. The molecule has 0 radical (unpaired) electrons. The Labute approximate surface area is 76.1 Å². The van der Waals surface area contributed by atoms with Crippen molar-refractivity contribution in [3.05, 3.63) is 23.8 Å². The lowest BCUT2D eigenvalue weighted by molar-refractivity contribution is 0.202. The van der Waals surface area contributed by atoms with Gasteiger partial charge < -0.3 is 4.74 Å². The third-order valence-corrected chi connectivity index (χ3v) is 1.76. The van der Waals surface area contributed by atoms with E-state index in [0.717, 1.165) is 25.9 Å². The van der Waals surface area contributed by atoms with E-state index in [0.29, 0.717) is 0 Å². The van der Waals surface area contributed by atoms with Gasteiger partial charge in [0, 0.05) is 13.7 Å². The van der Waals surface area contributed by atoms with Crippen LogP contribution in [0.3, 0.4) is 0 Å². The summed E-state index contributed by atoms with van der Waals surface area (Å²) in [5.41, 5.74) is 2.67. The molecule has 70 valence electrons. The summed E-state index contributed by atoms with van der Waals surface area (Å²) in [7, 11) is 1.74. The van der Waals surface area contributed by atoms with Crippen LogP contribution in [0.4, 0.5) is 0 Å². The predicted octanol–water partition coefficient (Wildman–Crippen LogP) is 3.33. The van der Waals surface area contributed by atoms with Gasteiger partial charge in [0.25, 0.3) is 0 Å². The van der Waals surface area contributed by atoms with Gasteiger partial charge in [-0.05, 0) is 33.1 Å². The number of rotatable bonds is 6. The average molecular weight is 168 g/mol. The quantitative estimate of drug-likeness (QED) is 0.553. The van der Waals surface area contributed by atoms with Gasteiger partial charge in [0.2, 0.25) is 0 Å². The SMILES string of the molecule is C=C(C)CCC=C(C)CCOC. The van der Waals surface area contributed by atoms with Crippen molar-refractivity contribution in [1.29, 1.82) is 0 Å². The van der Waals surface area contributed by atoms with Gasteiger partial charge >= 0.3 is 0 Å². The van der Waals surface area contributed by atoms with Crippen LogP contribution in [0.5, 0.6) is 0 Å². The fourth-order valence-electron chi connectivity index (χ4n) is 0.930. The molecule has 1 heteroatoms. The summed E-state index contributed by atoms with van der Waals surface area (Å²) in [6, 6.07) is 0. The molecule has 0 saturated heterocycles. The molecule has 0 atom stereocenters. The molecule has 0 fully saturated rings. The van der Waals surface area contributed by atoms with E-state index in [2.05, 4.69) is 26.5 Å². The standard InChI is InChI=1S/C11H20O/c1-10(2)6-5-7-11(3)8-9-12-4/h7H,1,5-6,8-9H2,2-4H3. The fraction of sp³-hybridized carbons (Fsp3) is 0.636. The van der Waals surface area contributed by atoms with Crippen molar-refractivity contribution in [1.82, 2.24) is 0 Å². The lowest BCUT2D eigenvalue weighted by Gasteiger charge is -2.00. The molecular weight excluding hydrogens is 148 g/mol. The van der Waals surface area contributed by atoms with Gasteiger partial charge in [-0.1, -0.05) is 17.2 Å². The first-order valence-electron chi connectivity index (χ1n) is 4.45. The van der Waals surface area contributed by atoms with Crippen LogP contribution in [0.25, 0.3) is 0 Å². The summed E-state index contributed by atoms with van der Waals surface area (Å²) in [5, 5.41) is 0. The van der Waals surface area contributed by atoms with Crippen molar-refractivity contribution in [2.75, 3.05) is 13.7 Å². The molecule has 0 rings (SSSR count). The van der Waals surface area contributed by atoms with Crippen LogP contribution in [0.1, 0.15) is 33.1 Å². The van der Waals surface area contributed by atoms with Gasteiger partial charge in [-0.15, -0.1) is 6.58 Å². The summed E-state index contributed by atoms with van der Waals surface area (Å²) >= 11 is 0. The molecule has 0 aliphatic rings. The van der Waals surface area contributed by atoms with E-state index in [-0.39, 0.29) is 0 Å². The maximum absolute atomic E-state index is 4.98. The highest BCUT2D eigenvalue weighted by atomic mass is 16.5. The van der Waals surface area contributed by atoms with E-state index in [1.54, 1.807) is 7.11 Å². The number of hydrogen-bond donors (Lipinski definition) is 0. The van der Waals surface area contributed by atoms with Crippen LogP contribution in [0.15, 0.2) is 23.8 Å². The Morgan fingerprint density at radius 3 is 2.50 bits per heavy atom. The zero-order valence-corrected chi connectivity index (χ0v) is 8.52. The van der Waals surface area contributed by atoms with Crippen molar-refractivity contribution in [2.45, 2.75) is 33.1 Å². The van der Waals surface area contributed by atoms with E-state index >= 15 is 0 Å². The molecule has 0 amide bonds. The number of ether oxygens (including phenoxy) is 1. The summed E-state index contributed by atoms with van der Waals surface area (Å²) in [4.78, 5) is 0. The molecule has 0 bridgehead atoms. The minimum atomic E-state index is 0.829. The Bertz CT molecular complexity index is 156. The first kappa shape index (κ1) is 11.4. The Kier molecular flexibility index (Phi) is 6.78. The van der Waals surface area contributed by atoms with E-state index < -0.39 is 0 Å². The summed E-state index contributed by atoms with van der Waals surface area (Å²) in [6.45, 7) is 8.91. The zero-order valence-electron chi connectivity index (χ0n) is 8.52. The highest BCUT2D eigenvalue weighted by molar-refractivity contribution is 5.00. The Morgan fingerprint density at radius 2 is 2.00 bits per heavy atom. The minimum absolute atomic E-state index is 0.829. The minimum Gasteiger partial charge on any atom is -0.384 e.